The molecule has 102 valence electrons. The van der Waals surface area contributed by atoms with E-state index in [2.05, 4.69) is 25.9 Å². The van der Waals surface area contributed by atoms with E-state index in [0.717, 1.165) is 18.5 Å². The Bertz CT molecular complexity index is 422. The average molecular weight is 253 g/mol. The number of ether oxygens (including phenoxy) is 1. The molecule has 0 aromatic carbocycles. The van der Waals surface area contributed by atoms with Gasteiger partial charge in [0.2, 0.25) is 0 Å². The van der Waals surface area contributed by atoms with Crippen molar-refractivity contribution in [3.05, 3.63) is 11.8 Å². The van der Waals surface area contributed by atoms with Crippen LogP contribution in [-0.2, 0) is 10.3 Å². The van der Waals surface area contributed by atoms with Crippen LogP contribution in [0.1, 0.15) is 45.2 Å². The Kier molecular flexibility index (Phi) is 3.15. The predicted molar refractivity (Wildman–Crippen MR) is 70.4 cm³/mol. The Morgan fingerprint density at radius 3 is 2.56 bits per heavy atom. The Morgan fingerprint density at radius 1 is 1.56 bits per heavy atom. The van der Waals surface area contributed by atoms with Crippen LogP contribution >= 0.6 is 0 Å². The standard InChI is InChI=1S/C13H23N3O2/c1-12(2,3)16-11(14)5-10(15-16)9-6-13(7-9,8-17)18-4/h5,9,17H,6-8,14H2,1-4H3. The van der Waals surface area contributed by atoms with Crippen LogP contribution in [0.2, 0.25) is 0 Å². The van der Waals surface area contributed by atoms with Crippen molar-refractivity contribution in [1.29, 1.82) is 0 Å². The highest BCUT2D eigenvalue weighted by molar-refractivity contribution is 5.35. The van der Waals surface area contributed by atoms with Crippen molar-refractivity contribution in [3.63, 3.8) is 0 Å². The lowest BCUT2D eigenvalue weighted by Gasteiger charge is -2.44. The summed E-state index contributed by atoms with van der Waals surface area (Å²) in [6, 6.07) is 1.94. The Morgan fingerprint density at radius 2 is 2.17 bits per heavy atom. The van der Waals surface area contributed by atoms with Gasteiger partial charge in [-0.2, -0.15) is 5.10 Å². The third-order valence-corrected chi connectivity index (χ3v) is 3.77. The van der Waals surface area contributed by atoms with Crippen molar-refractivity contribution in [2.45, 2.75) is 50.7 Å². The van der Waals surface area contributed by atoms with Crippen LogP contribution in [0.3, 0.4) is 0 Å². The molecule has 1 aliphatic rings. The van der Waals surface area contributed by atoms with Gasteiger partial charge in [0.1, 0.15) is 5.82 Å². The molecule has 1 aliphatic carbocycles. The van der Waals surface area contributed by atoms with Gasteiger partial charge in [0.05, 0.1) is 23.4 Å². The van der Waals surface area contributed by atoms with Crippen LogP contribution in [0, 0.1) is 0 Å². The molecule has 0 unspecified atom stereocenters. The molecule has 1 heterocycles. The monoisotopic (exact) mass is 253 g/mol. The van der Waals surface area contributed by atoms with Crippen molar-refractivity contribution in [1.82, 2.24) is 9.78 Å². The zero-order valence-electron chi connectivity index (χ0n) is 11.6. The Hall–Kier alpha value is -1.07. The van der Waals surface area contributed by atoms with Crippen LogP contribution in [-0.4, -0.2) is 34.2 Å². The summed E-state index contributed by atoms with van der Waals surface area (Å²) < 4.78 is 7.22. The van der Waals surface area contributed by atoms with Crippen molar-refractivity contribution < 1.29 is 9.84 Å². The van der Waals surface area contributed by atoms with Crippen LogP contribution in [0.25, 0.3) is 0 Å². The van der Waals surface area contributed by atoms with Gasteiger partial charge < -0.3 is 15.6 Å². The highest BCUT2D eigenvalue weighted by Gasteiger charge is 2.46. The first-order chi connectivity index (χ1) is 8.31. The summed E-state index contributed by atoms with van der Waals surface area (Å²) in [4.78, 5) is 0. The van der Waals surface area contributed by atoms with E-state index < -0.39 is 0 Å². The van der Waals surface area contributed by atoms with E-state index in [1.807, 2.05) is 10.7 Å². The molecule has 0 radical (unpaired) electrons. The Labute approximate surface area is 108 Å². The molecule has 0 bridgehead atoms. The number of hydrogen-bond acceptors (Lipinski definition) is 4. The van der Waals surface area contributed by atoms with Gasteiger partial charge in [-0.05, 0) is 33.6 Å². The number of nitrogens with two attached hydrogens (primary N) is 1. The largest absolute Gasteiger partial charge is 0.393 e. The molecule has 1 saturated carbocycles. The molecular formula is C13H23N3O2. The van der Waals surface area contributed by atoms with Crippen molar-refractivity contribution in [2.24, 2.45) is 0 Å². The summed E-state index contributed by atoms with van der Waals surface area (Å²) in [5.74, 6) is 1.03. The maximum atomic E-state index is 9.31. The number of nitrogens with zero attached hydrogens (tertiary/aromatic N) is 2. The fourth-order valence-electron chi connectivity index (χ4n) is 2.56. The second-order valence-corrected chi connectivity index (χ2v) is 6.23. The number of nitrogen functional groups attached to an aromatic ring is 1. The first kappa shape index (κ1) is 13.4. The number of anilines is 1. The first-order valence-electron chi connectivity index (χ1n) is 6.33. The summed E-state index contributed by atoms with van der Waals surface area (Å²) >= 11 is 0. The van der Waals surface area contributed by atoms with E-state index in [4.69, 9.17) is 10.5 Å². The lowest BCUT2D eigenvalue weighted by molar-refractivity contribution is -0.116. The summed E-state index contributed by atoms with van der Waals surface area (Å²) in [7, 11) is 1.65. The molecular weight excluding hydrogens is 230 g/mol. The number of rotatable bonds is 3. The molecule has 3 N–H and O–H groups in total. The highest BCUT2D eigenvalue weighted by atomic mass is 16.5. The number of methoxy groups -OCH3 is 1. The van der Waals surface area contributed by atoms with Crippen LogP contribution in [0.5, 0.6) is 0 Å². The maximum Gasteiger partial charge on any atom is 0.122 e. The molecule has 5 heteroatoms. The molecule has 1 fully saturated rings. The third-order valence-electron chi connectivity index (χ3n) is 3.77. The quantitative estimate of drug-likeness (QED) is 0.855. The SMILES string of the molecule is COC1(CO)CC(c2cc(N)n(C(C)(C)C)n2)C1. The molecule has 2 rings (SSSR count). The van der Waals surface area contributed by atoms with Crippen LogP contribution in [0.4, 0.5) is 5.82 Å². The Balaban J connectivity index is 2.14. The summed E-state index contributed by atoms with van der Waals surface area (Å²) in [6.07, 6.45) is 1.61. The lowest BCUT2D eigenvalue weighted by atomic mass is 9.70. The average Bonchev–Trinajstić information content (AvgIpc) is 2.60. The summed E-state index contributed by atoms with van der Waals surface area (Å²) in [5.41, 5.74) is 6.52. The van der Waals surface area contributed by atoms with Gasteiger partial charge in [0.25, 0.3) is 0 Å². The van der Waals surface area contributed by atoms with Gasteiger partial charge in [0.15, 0.2) is 0 Å². The van der Waals surface area contributed by atoms with Crippen molar-refractivity contribution in [3.8, 4) is 0 Å². The zero-order valence-corrected chi connectivity index (χ0v) is 11.6. The first-order valence-corrected chi connectivity index (χ1v) is 6.33. The van der Waals surface area contributed by atoms with E-state index in [1.165, 1.54) is 0 Å². The zero-order chi connectivity index (χ0) is 13.6. The second kappa shape index (κ2) is 4.24. The van der Waals surface area contributed by atoms with E-state index in [9.17, 15) is 5.11 Å². The number of aliphatic hydroxyl groups is 1. The van der Waals surface area contributed by atoms with Gasteiger partial charge in [-0.15, -0.1) is 0 Å². The minimum absolute atomic E-state index is 0.0649. The predicted octanol–water partition coefficient (Wildman–Crippen LogP) is 1.48. The van der Waals surface area contributed by atoms with Gasteiger partial charge in [0, 0.05) is 19.1 Å². The molecule has 18 heavy (non-hydrogen) atoms. The molecule has 0 spiro atoms. The van der Waals surface area contributed by atoms with E-state index in [1.54, 1.807) is 7.11 Å². The maximum absolute atomic E-state index is 9.31. The summed E-state index contributed by atoms with van der Waals surface area (Å²) in [6.45, 7) is 6.30. The van der Waals surface area contributed by atoms with E-state index in [-0.39, 0.29) is 17.7 Å². The molecule has 1 aromatic rings. The van der Waals surface area contributed by atoms with Gasteiger partial charge in [-0.3, -0.25) is 0 Å². The third kappa shape index (κ3) is 2.12. The minimum Gasteiger partial charge on any atom is -0.393 e. The topological polar surface area (TPSA) is 73.3 Å². The molecule has 0 aliphatic heterocycles. The number of aliphatic hydroxyl groups excluding tert-OH is 1. The van der Waals surface area contributed by atoms with Crippen molar-refractivity contribution in [2.75, 3.05) is 19.5 Å². The molecule has 1 aromatic heterocycles. The van der Waals surface area contributed by atoms with Crippen molar-refractivity contribution >= 4 is 5.82 Å². The minimum atomic E-state index is -0.370. The fourth-order valence-corrected chi connectivity index (χ4v) is 2.56. The smallest absolute Gasteiger partial charge is 0.122 e. The second-order valence-electron chi connectivity index (χ2n) is 6.23. The normalized spacial score (nSPS) is 28.2. The van der Waals surface area contributed by atoms with Gasteiger partial charge in [-0.1, -0.05) is 0 Å². The van der Waals surface area contributed by atoms with E-state index in [0.29, 0.717) is 11.7 Å². The molecule has 0 atom stereocenters. The lowest BCUT2D eigenvalue weighted by Crippen LogP contribution is -2.47. The van der Waals surface area contributed by atoms with Crippen LogP contribution in [0.15, 0.2) is 6.07 Å². The molecule has 5 nitrogen and oxygen atoms in total. The van der Waals surface area contributed by atoms with Crippen LogP contribution < -0.4 is 5.73 Å². The number of aromatic nitrogens is 2. The van der Waals surface area contributed by atoms with E-state index >= 15 is 0 Å². The number of hydrogen-bond donors (Lipinski definition) is 2. The molecule has 0 saturated heterocycles. The molecule has 0 amide bonds. The fraction of sp³-hybridized carbons (Fsp3) is 0.769. The summed E-state index contributed by atoms with van der Waals surface area (Å²) in [5, 5.41) is 13.9. The van der Waals surface area contributed by atoms with Gasteiger partial charge in [-0.25, -0.2) is 4.68 Å². The van der Waals surface area contributed by atoms with Gasteiger partial charge >= 0.3 is 0 Å². The highest BCUT2D eigenvalue weighted by Crippen LogP contribution is 2.46.